The minimum absolute atomic E-state index is 0.408. The maximum atomic E-state index is 12.1. The molecule has 2 aromatic carbocycles. The third-order valence-electron chi connectivity index (χ3n) is 2.97. The summed E-state index contributed by atoms with van der Waals surface area (Å²) < 4.78 is 17.7. The van der Waals surface area contributed by atoms with Crippen LogP contribution >= 0.6 is 11.6 Å². The van der Waals surface area contributed by atoms with Crippen LogP contribution in [0.1, 0.15) is 5.56 Å². The molecule has 0 aliphatic heterocycles. The zero-order chi connectivity index (χ0) is 15.1. The van der Waals surface area contributed by atoms with Gasteiger partial charge in [0.1, 0.15) is 12.4 Å². The fraction of sp³-hybridized carbons (Fsp3) is 0.250. The van der Waals surface area contributed by atoms with Crippen molar-refractivity contribution in [3.05, 3.63) is 59.1 Å². The fourth-order valence-corrected chi connectivity index (χ4v) is 2.89. The van der Waals surface area contributed by atoms with Gasteiger partial charge in [-0.3, -0.25) is 4.21 Å². The van der Waals surface area contributed by atoms with Crippen molar-refractivity contribution < 1.29 is 8.95 Å². The highest BCUT2D eigenvalue weighted by molar-refractivity contribution is 7.85. The molecule has 0 saturated heterocycles. The summed E-state index contributed by atoms with van der Waals surface area (Å²) in [5, 5.41) is 0.643. The first kappa shape index (κ1) is 16.0. The molecule has 1 unspecified atom stereocenters. The van der Waals surface area contributed by atoms with Crippen LogP contribution in [0.15, 0.2) is 53.4 Å². The molecule has 0 fully saturated rings. The van der Waals surface area contributed by atoms with E-state index in [9.17, 15) is 4.21 Å². The molecule has 2 aromatic rings. The molecule has 0 amide bonds. The van der Waals surface area contributed by atoms with Crippen molar-refractivity contribution in [1.29, 1.82) is 0 Å². The third-order valence-corrected chi connectivity index (χ3v) is 4.56. The van der Waals surface area contributed by atoms with Crippen LogP contribution in [0.3, 0.4) is 0 Å². The molecule has 3 nitrogen and oxygen atoms in total. The standard InChI is InChI=1S/C16H18ClNO2S/c17-14-3-7-16(8-4-14)21(19)12-11-20-15-5-1-13(2-6-15)9-10-18/h1-8H,9-12,18H2. The van der Waals surface area contributed by atoms with Crippen molar-refractivity contribution >= 4 is 22.4 Å². The summed E-state index contributed by atoms with van der Waals surface area (Å²) in [6.07, 6.45) is 0.862. The largest absolute Gasteiger partial charge is 0.493 e. The molecule has 2 rings (SSSR count). The Morgan fingerprint density at radius 2 is 1.71 bits per heavy atom. The summed E-state index contributed by atoms with van der Waals surface area (Å²) in [5.41, 5.74) is 6.69. The highest BCUT2D eigenvalue weighted by atomic mass is 35.5. The van der Waals surface area contributed by atoms with Crippen LogP contribution in [0.5, 0.6) is 5.75 Å². The SMILES string of the molecule is NCCc1ccc(OCCS(=O)c2ccc(Cl)cc2)cc1. The van der Waals surface area contributed by atoms with Gasteiger partial charge in [-0.2, -0.15) is 0 Å². The summed E-state index contributed by atoms with van der Waals surface area (Å²) >= 11 is 5.80. The van der Waals surface area contributed by atoms with E-state index in [0.29, 0.717) is 23.9 Å². The number of nitrogens with two attached hydrogens (primary N) is 1. The molecule has 0 heterocycles. The number of hydrogen-bond donors (Lipinski definition) is 1. The summed E-state index contributed by atoms with van der Waals surface area (Å²) in [6, 6.07) is 14.9. The summed E-state index contributed by atoms with van der Waals surface area (Å²) in [4.78, 5) is 0.765. The first-order valence-electron chi connectivity index (χ1n) is 6.75. The normalized spacial score (nSPS) is 12.1. The van der Waals surface area contributed by atoms with Gasteiger partial charge in [0.25, 0.3) is 0 Å². The van der Waals surface area contributed by atoms with Crippen molar-refractivity contribution in [2.75, 3.05) is 18.9 Å². The second kappa shape index (κ2) is 8.17. The van der Waals surface area contributed by atoms with E-state index in [1.807, 2.05) is 24.3 Å². The lowest BCUT2D eigenvalue weighted by atomic mass is 10.1. The summed E-state index contributed by atoms with van der Waals surface area (Å²) in [5.74, 6) is 1.23. The average Bonchev–Trinajstić information content (AvgIpc) is 2.50. The van der Waals surface area contributed by atoms with E-state index >= 15 is 0 Å². The molecule has 0 aliphatic carbocycles. The topological polar surface area (TPSA) is 52.3 Å². The summed E-state index contributed by atoms with van der Waals surface area (Å²) in [7, 11) is -1.07. The molecule has 5 heteroatoms. The molecule has 21 heavy (non-hydrogen) atoms. The van der Waals surface area contributed by atoms with Gasteiger partial charge >= 0.3 is 0 Å². The Kier molecular flexibility index (Phi) is 6.23. The number of benzene rings is 2. The molecule has 112 valence electrons. The molecule has 0 saturated carbocycles. The molecule has 2 N–H and O–H groups in total. The van der Waals surface area contributed by atoms with Gasteiger partial charge < -0.3 is 10.5 Å². The molecule has 1 atom stereocenters. The van der Waals surface area contributed by atoms with E-state index in [-0.39, 0.29) is 0 Å². The second-order valence-electron chi connectivity index (χ2n) is 4.53. The van der Waals surface area contributed by atoms with Crippen LogP contribution in [0.4, 0.5) is 0 Å². The Labute approximate surface area is 132 Å². The Hall–Kier alpha value is -1.36. The average molecular weight is 324 g/mol. The Bertz CT molecular complexity index is 584. The zero-order valence-corrected chi connectivity index (χ0v) is 13.2. The molecular formula is C16H18ClNO2S. The number of halogens is 1. The smallest absolute Gasteiger partial charge is 0.119 e. The molecule has 0 radical (unpaired) electrons. The van der Waals surface area contributed by atoms with Crippen molar-refractivity contribution in [3.8, 4) is 5.75 Å². The first-order chi connectivity index (χ1) is 10.2. The van der Waals surface area contributed by atoms with Gasteiger partial charge in [-0.05, 0) is 54.9 Å². The third kappa shape index (κ3) is 5.16. The van der Waals surface area contributed by atoms with Crippen molar-refractivity contribution in [1.82, 2.24) is 0 Å². The van der Waals surface area contributed by atoms with Crippen LogP contribution in [0.25, 0.3) is 0 Å². The van der Waals surface area contributed by atoms with Gasteiger partial charge in [0.05, 0.1) is 16.6 Å². The van der Waals surface area contributed by atoms with Gasteiger partial charge in [0.2, 0.25) is 0 Å². The lowest BCUT2D eigenvalue weighted by molar-refractivity contribution is 0.342. The fourth-order valence-electron chi connectivity index (χ4n) is 1.86. The number of hydrogen-bond acceptors (Lipinski definition) is 3. The van der Waals surface area contributed by atoms with Gasteiger partial charge in [-0.25, -0.2) is 0 Å². The summed E-state index contributed by atoms with van der Waals surface area (Å²) in [6.45, 7) is 1.05. The highest BCUT2D eigenvalue weighted by Crippen LogP contribution is 2.14. The lowest BCUT2D eigenvalue weighted by Gasteiger charge is -2.07. The maximum absolute atomic E-state index is 12.1. The Morgan fingerprint density at radius 3 is 2.33 bits per heavy atom. The Morgan fingerprint density at radius 1 is 1.05 bits per heavy atom. The minimum Gasteiger partial charge on any atom is -0.493 e. The highest BCUT2D eigenvalue weighted by Gasteiger charge is 2.04. The van der Waals surface area contributed by atoms with Gasteiger partial charge in [0.15, 0.2) is 0 Å². The Balaban J connectivity index is 1.80. The van der Waals surface area contributed by atoms with Crippen LogP contribution < -0.4 is 10.5 Å². The van der Waals surface area contributed by atoms with Gasteiger partial charge in [-0.1, -0.05) is 23.7 Å². The van der Waals surface area contributed by atoms with Crippen molar-refractivity contribution in [3.63, 3.8) is 0 Å². The molecule has 0 aromatic heterocycles. The maximum Gasteiger partial charge on any atom is 0.119 e. The molecular weight excluding hydrogens is 306 g/mol. The van der Waals surface area contributed by atoms with Gasteiger partial charge in [-0.15, -0.1) is 0 Å². The zero-order valence-electron chi connectivity index (χ0n) is 11.6. The predicted octanol–water partition coefficient (Wildman–Crippen LogP) is 3.03. The van der Waals surface area contributed by atoms with E-state index in [1.165, 1.54) is 5.56 Å². The van der Waals surface area contributed by atoms with Gasteiger partial charge in [0, 0.05) is 9.92 Å². The van der Waals surface area contributed by atoms with Crippen LogP contribution in [-0.4, -0.2) is 23.1 Å². The van der Waals surface area contributed by atoms with E-state index in [1.54, 1.807) is 24.3 Å². The lowest BCUT2D eigenvalue weighted by Crippen LogP contribution is -2.08. The minimum atomic E-state index is -1.07. The van der Waals surface area contributed by atoms with E-state index in [2.05, 4.69) is 0 Å². The number of ether oxygens (including phenoxy) is 1. The monoisotopic (exact) mass is 323 g/mol. The van der Waals surface area contributed by atoms with E-state index in [0.717, 1.165) is 17.1 Å². The van der Waals surface area contributed by atoms with Crippen LogP contribution in [0, 0.1) is 0 Å². The predicted molar refractivity (Wildman–Crippen MR) is 87.4 cm³/mol. The van der Waals surface area contributed by atoms with E-state index < -0.39 is 10.8 Å². The van der Waals surface area contributed by atoms with Crippen LogP contribution in [-0.2, 0) is 17.2 Å². The van der Waals surface area contributed by atoms with Crippen molar-refractivity contribution in [2.45, 2.75) is 11.3 Å². The van der Waals surface area contributed by atoms with E-state index in [4.69, 9.17) is 22.1 Å². The molecule has 0 spiro atoms. The number of rotatable bonds is 7. The quantitative estimate of drug-likeness (QED) is 0.852. The van der Waals surface area contributed by atoms with Crippen molar-refractivity contribution in [2.24, 2.45) is 5.73 Å². The van der Waals surface area contributed by atoms with Crippen LogP contribution in [0.2, 0.25) is 5.02 Å². The first-order valence-corrected chi connectivity index (χ1v) is 8.44. The second-order valence-corrected chi connectivity index (χ2v) is 6.54. The molecule has 0 bridgehead atoms. The molecule has 0 aliphatic rings.